The lowest BCUT2D eigenvalue weighted by Crippen LogP contribution is -2.44. The molecule has 2 aliphatic heterocycles. The quantitative estimate of drug-likeness (QED) is 0.827. The van der Waals surface area contributed by atoms with Crippen LogP contribution in [0, 0.1) is 23.2 Å². The minimum absolute atomic E-state index is 0.103. The van der Waals surface area contributed by atoms with E-state index in [1.807, 2.05) is 23.1 Å². The minimum Gasteiger partial charge on any atom is -0.341 e. The van der Waals surface area contributed by atoms with Crippen molar-refractivity contribution in [2.24, 2.45) is 11.8 Å². The van der Waals surface area contributed by atoms with E-state index in [4.69, 9.17) is 5.26 Å². The van der Waals surface area contributed by atoms with Crippen LogP contribution in [-0.2, 0) is 16.1 Å². The first kappa shape index (κ1) is 14.5. The third-order valence-electron chi connectivity index (χ3n) is 4.55. The summed E-state index contributed by atoms with van der Waals surface area (Å²) in [5.74, 6) is 0.0905. The largest absolute Gasteiger partial charge is 0.341 e. The summed E-state index contributed by atoms with van der Waals surface area (Å²) >= 11 is 0. The van der Waals surface area contributed by atoms with Crippen molar-refractivity contribution in [1.29, 1.82) is 5.26 Å². The van der Waals surface area contributed by atoms with Crippen LogP contribution in [0.4, 0.5) is 0 Å². The van der Waals surface area contributed by atoms with Gasteiger partial charge in [-0.2, -0.15) is 5.26 Å². The number of nitriles is 1. The highest BCUT2D eigenvalue weighted by Gasteiger charge is 2.43. The molecule has 0 aliphatic carbocycles. The van der Waals surface area contributed by atoms with E-state index in [0.29, 0.717) is 19.6 Å². The number of likely N-dealkylation sites (tertiary alicyclic amines) is 2. The van der Waals surface area contributed by atoms with Crippen molar-refractivity contribution >= 4 is 11.8 Å². The van der Waals surface area contributed by atoms with Crippen molar-refractivity contribution < 1.29 is 9.59 Å². The number of aromatic nitrogens is 1. The zero-order valence-corrected chi connectivity index (χ0v) is 12.3. The third-order valence-corrected chi connectivity index (χ3v) is 4.55. The van der Waals surface area contributed by atoms with E-state index in [-0.39, 0.29) is 30.1 Å². The Morgan fingerprint density at radius 1 is 1.36 bits per heavy atom. The zero-order chi connectivity index (χ0) is 15.5. The van der Waals surface area contributed by atoms with Crippen LogP contribution in [0.25, 0.3) is 0 Å². The molecule has 2 saturated heterocycles. The molecule has 0 N–H and O–H groups in total. The summed E-state index contributed by atoms with van der Waals surface area (Å²) in [4.78, 5) is 32.0. The highest BCUT2D eigenvalue weighted by Crippen LogP contribution is 2.33. The number of hydrogen-bond acceptors (Lipinski definition) is 4. The lowest BCUT2D eigenvalue weighted by atomic mass is 9.88. The Hall–Kier alpha value is -2.42. The van der Waals surface area contributed by atoms with Gasteiger partial charge in [0.15, 0.2) is 0 Å². The van der Waals surface area contributed by atoms with Crippen LogP contribution in [-0.4, -0.2) is 46.2 Å². The normalized spacial score (nSPS) is 24.0. The van der Waals surface area contributed by atoms with Crippen LogP contribution in [0.2, 0.25) is 0 Å². The van der Waals surface area contributed by atoms with Crippen molar-refractivity contribution in [2.45, 2.75) is 19.4 Å². The zero-order valence-electron chi connectivity index (χ0n) is 12.3. The van der Waals surface area contributed by atoms with Crippen molar-refractivity contribution in [3.05, 3.63) is 30.1 Å². The molecule has 1 aromatic heterocycles. The molecule has 6 nitrogen and oxygen atoms in total. The van der Waals surface area contributed by atoms with Crippen LogP contribution in [0.1, 0.15) is 18.4 Å². The molecule has 22 heavy (non-hydrogen) atoms. The van der Waals surface area contributed by atoms with Gasteiger partial charge < -0.3 is 9.80 Å². The molecule has 6 heteroatoms. The fourth-order valence-electron chi connectivity index (χ4n) is 3.36. The number of piperidine rings is 1. The molecular formula is C16H18N4O2. The Morgan fingerprint density at radius 2 is 2.14 bits per heavy atom. The van der Waals surface area contributed by atoms with Gasteiger partial charge in [0.1, 0.15) is 6.42 Å². The van der Waals surface area contributed by atoms with Gasteiger partial charge in [-0.25, -0.2) is 0 Å². The van der Waals surface area contributed by atoms with Crippen molar-refractivity contribution in [3.63, 3.8) is 0 Å². The summed E-state index contributed by atoms with van der Waals surface area (Å²) in [6.07, 6.45) is 4.26. The first-order chi connectivity index (χ1) is 10.7. The molecule has 0 aromatic carbocycles. The van der Waals surface area contributed by atoms with Crippen molar-refractivity contribution in [1.82, 2.24) is 14.8 Å². The molecular weight excluding hydrogens is 280 g/mol. The smallest absolute Gasteiger partial charge is 0.236 e. The first-order valence-corrected chi connectivity index (χ1v) is 7.51. The summed E-state index contributed by atoms with van der Waals surface area (Å²) < 4.78 is 0. The van der Waals surface area contributed by atoms with Gasteiger partial charge in [-0.1, -0.05) is 0 Å². The number of fused-ring (bicyclic) bond motifs is 1. The first-order valence-electron chi connectivity index (χ1n) is 7.51. The average Bonchev–Trinajstić information content (AvgIpc) is 2.97. The summed E-state index contributed by atoms with van der Waals surface area (Å²) in [6, 6.07) is 5.71. The van der Waals surface area contributed by atoms with Crippen LogP contribution in [0.5, 0.6) is 0 Å². The second-order valence-corrected chi connectivity index (χ2v) is 5.90. The standard InChI is InChI=1S/C16H18N4O2/c17-5-1-15(21)20-10-13-4-8-19(16(22)14(13)11-20)9-12-2-6-18-7-3-12/h2-3,6-7,13-14H,1,4,8-11H2/t13-,14+/m0/s1. The van der Waals surface area contributed by atoms with Gasteiger partial charge in [0.2, 0.25) is 11.8 Å². The van der Waals surface area contributed by atoms with E-state index >= 15 is 0 Å². The Kier molecular flexibility index (Phi) is 4.05. The molecule has 2 fully saturated rings. The Morgan fingerprint density at radius 3 is 2.86 bits per heavy atom. The maximum atomic E-state index is 12.6. The van der Waals surface area contributed by atoms with Gasteiger partial charge in [-0.3, -0.25) is 14.6 Å². The van der Waals surface area contributed by atoms with E-state index in [9.17, 15) is 9.59 Å². The molecule has 2 amide bonds. The van der Waals surface area contributed by atoms with Gasteiger partial charge in [-0.05, 0) is 30.0 Å². The molecule has 2 atom stereocenters. The summed E-state index contributed by atoms with van der Waals surface area (Å²) in [7, 11) is 0. The Labute approximate surface area is 129 Å². The molecule has 0 unspecified atom stereocenters. The van der Waals surface area contributed by atoms with E-state index in [2.05, 4.69) is 4.98 Å². The summed E-state index contributed by atoms with van der Waals surface area (Å²) in [5.41, 5.74) is 1.07. The molecule has 2 aliphatic rings. The number of amides is 2. The Balaban J connectivity index is 1.65. The van der Waals surface area contributed by atoms with Crippen LogP contribution in [0.3, 0.4) is 0 Å². The molecule has 114 valence electrons. The lowest BCUT2D eigenvalue weighted by molar-refractivity contribution is -0.140. The van der Waals surface area contributed by atoms with Gasteiger partial charge >= 0.3 is 0 Å². The molecule has 1 aromatic rings. The summed E-state index contributed by atoms with van der Waals surface area (Å²) in [6.45, 7) is 2.39. The average molecular weight is 298 g/mol. The molecule has 3 rings (SSSR count). The number of nitrogens with zero attached hydrogens (tertiary/aromatic N) is 4. The van der Waals surface area contributed by atoms with Gasteiger partial charge in [0, 0.05) is 38.6 Å². The van der Waals surface area contributed by atoms with Crippen LogP contribution in [0.15, 0.2) is 24.5 Å². The number of hydrogen-bond donors (Lipinski definition) is 0. The monoisotopic (exact) mass is 298 g/mol. The fourth-order valence-corrected chi connectivity index (χ4v) is 3.36. The second kappa shape index (κ2) is 6.14. The van der Waals surface area contributed by atoms with Gasteiger partial charge in [-0.15, -0.1) is 0 Å². The molecule has 0 radical (unpaired) electrons. The van der Waals surface area contributed by atoms with Crippen molar-refractivity contribution in [2.75, 3.05) is 19.6 Å². The van der Waals surface area contributed by atoms with E-state index < -0.39 is 0 Å². The van der Waals surface area contributed by atoms with Crippen molar-refractivity contribution in [3.8, 4) is 6.07 Å². The molecule has 3 heterocycles. The SMILES string of the molecule is N#CCC(=O)N1C[C@@H]2CCN(Cc3ccncc3)C(=O)[C@@H]2C1. The molecule has 0 bridgehead atoms. The van der Waals surface area contributed by atoms with E-state index in [1.54, 1.807) is 17.3 Å². The lowest BCUT2D eigenvalue weighted by Gasteiger charge is -2.33. The molecule has 0 spiro atoms. The van der Waals surface area contributed by atoms with Gasteiger partial charge in [0.25, 0.3) is 0 Å². The maximum absolute atomic E-state index is 12.6. The predicted octanol–water partition coefficient (Wildman–Crippen LogP) is 0.802. The van der Waals surface area contributed by atoms with E-state index in [0.717, 1.165) is 18.5 Å². The van der Waals surface area contributed by atoms with E-state index in [1.165, 1.54) is 0 Å². The highest BCUT2D eigenvalue weighted by molar-refractivity contribution is 5.84. The number of pyridine rings is 1. The highest BCUT2D eigenvalue weighted by atomic mass is 16.2. The van der Waals surface area contributed by atoms with Gasteiger partial charge in [0.05, 0.1) is 12.0 Å². The summed E-state index contributed by atoms with van der Waals surface area (Å²) in [5, 5.41) is 8.64. The Bertz CT molecular complexity index is 610. The maximum Gasteiger partial charge on any atom is 0.236 e. The second-order valence-electron chi connectivity index (χ2n) is 5.90. The third kappa shape index (κ3) is 2.80. The van der Waals surface area contributed by atoms with Crippen LogP contribution >= 0.6 is 0 Å². The number of carbonyl (C=O) groups excluding carboxylic acids is 2. The molecule has 0 saturated carbocycles. The van der Waals surface area contributed by atoms with Crippen LogP contribution < -0.4 is 0 Å². The fraction of sp³-hybridized carbons (Fsp3) is 0.500. The topological polar surface area (TPSA) is 77.3 Å². The predicted molar refractivity (Wildman–Crippen MR) is 78.1 cm³/mol. The minimum atomic E-state index is -0.162. The number of carbonyl (C=O) groups is 2. The number of rotatable bonds is 3.